The van der Waals surface area contributed by atoms with Crippen molar-refractivity contribution in [2.75, 3.05) is 56.6 Å². The van der Waals surface area contributed by atoms with Crippen molar-refractivity contribution in [1.29, 1.82) is 0 Å². The number of nitrogen functional groups attached to an aromatic ring is 2. The van der Waals surface area contributed by atoms with Gasteiger partial charge in [0, 0.05) is 53.8 Å². The molecule has 2 aromatic rings. The second-order valence-corrected chi connectivity index (χ2v) is 15.0. The monoisotopic (exact) mass is 642 g/mol. The predicted molar refractivity (Wildman–Crippen MR) is 173 cm³/mol. The Morgan fingerprint density at radius 2 is 1.84 bits per heavy atom. The summed E-state index contributed by atoms with van der Waals surface area (Å²) < 4.78 is 36.8. The van der Waals surface area contributed by atoms with Gasteiger partial charge in [-0.2, -0.15) is 9.37 Å². The number of aryl methyl sites for hydroxylation is 1. The maximum absolute atomic E-state index is 16.4. The largest absolute Gasteiger partial charge is 0.471 e. The topological polar surface area (TPSA) is 140 Å². The van der Waals surface area contributed by atoms with Gasteiger partial charge in [0.25, 0.3) is 5.88 Å². The zero-order valence-electron chi connectivity index (χ0n) is 26.4. The molecule has 244 valence electrons. The molecule has 0 aromatic carbocycles. The molecule has 45 heavy (non-hydrogen) atoms. The van der Waals surface area contributed by atoms with Crippen LogP contribution >= 0.6 is 11.3 Å². The molecule has 2 saturated carbocycles. The molecule has 4 atom stereocenters. The van der Waals surface area contributed by atoms with Crippen LogP contribution in [0.2, 0.25) is 0 Å². The van der Waals surface area contributed by atoms with Crippen molar-refractivity contribution >= 4 is 39.3 Å². The number of thiophene rings is 1. The number of likely N-dealkylation sites (tertiary alicyclic amines) is 1. The number of Topliss-reactive ketones (excluding diaryl/α,β-unsaturated/α-hetero) is 1. The van der Waals surface area contributed by atoms with Crippen LogP contribution in [0.25, 0.3) is 5.70 Å². The number of carbonyl (C=O) groups excluding carboxylic acids is 1. The normalized spacial score (nSPS) is 30.2. The zero-order chi connectivity index (χ0) is 31.8. The number of nitrogens with zero attached hydrogens (tertiary/aromatic N) is 5. The van der Waals surface area contributed by atoms with Crippen molar-refractivity contribution in [3.05, 3.63) is 27.7 Å². The van der Waals surface area contributed by atoms with E-state index in [0.717, 1.165) is 49.1 Å². The molecule has 0 bridgehead atoms. The van der Waals surface area contributed by atoms with Gasteiger partial charge >= 0.3 is 0 Å². The maximum atomic E-state index is 16.4. The van der Waals surface area contributed by atoms with Gasteiger partial charge in [-0.1, -0.05) is 0 Å². The van der Waals surface area contributed by atoms with Gasteiger partial charge in [-0.05, 0) is 78.8 Å². The van der Waals surface area contributed by atoms with Crippen LogP contribution in [0.4, 0.5) is 25.3 Å². The van der Waals surface area contributed by atoms with E-state index in [0.29, 0.717) is 61.6 Å². The molecule has 7 rings (SSSR count). The number of alkyl halides is 1. The lowest BCUT2D eigenvalue weighted by Gasteiger charge is -2.41. The van der Waals surface area contributed by atoms with Crippen LogP contribution in [-0.2, 0) is 16.6 Å². The molecule has 5 aliphatic rings. The molecular formula is C32H44F2N8O2S. The summed E-state index contributed by atoms with van der Waals surface area (Å²) >= 11 is 1.47. The highest BCUT2D eigenvalue weighted by Gasteiger charge is 2.51. The van der Waals surface area contributed by atoms with Crippen LogP contribution in [-0.4, -0.2) is 89.7 Å². The molecule has 2 aromatic heterocycles. The van der Waals surface area contributed by atoms with E-state index in [1.54, 1.807) is 0 Å². The first-order valence-corrected chi connectivity index (χ1v) is 17.0. The fraction of sp³-hybridized carbons (Fsp3) is 0.656. The highest BCUT2D eigenvalue weighted by atomic mass is 32.1. The Bertz CT molecular complexity index is 1560. The van der Waals surface area contributed by atoms with E-state index in [9.17, 15) is 9.18 Å². The molecule has 10 nitrogen and oxygen atoms in total. The van der Waals surface area contributed by atoms with E-state index < -0.39 is 23.5 Å². The van der Waals surface area contributed by atoms with E-state index in [-0.39, 0.29) is 40.6 Å². The van der Waals surface area contributed by atoms with Crippen molar-refractivity contribution in [2.24, 2.45) is 5.73 Å². The number of hydrogen-bond donors (Lipinski definition) is 3. The highest BCUT2D eigenvalue weighted by Crippen LogP contribution is 2.53. The predicted octanol–water partition coefficient (Wildman–Crippen LogP) is 3.63. The lowest BCUT2D eigenvalue weighted by molar-refractivity contribution is -0.122. The lowest BCUT2D eigenvalue weighted by atomic mass is 9.61. The fourth-order valence-electron chi connectivity index (χ4n) is 8.36. The Morgan fingerprint density at radius 1 is 1.11 bits per heavy atom. The summed E-state index contributed by atoms with van der Waals surface area (Å²) in [4.78, 5) is 31.0. The average molecular weight is 643 g/mol. The standard InChI is InChI=1S/C32H44F2N8O2S/c1-17(20-14-18(33)15-40(20)2)44-30-23(34)29(42-13-12-41(3)31(16-42)10-11-31)38-28(39-30)24(35)19-6-4-8-32(26(19)43)9-5-7-21-22(32)25(36)27(37)45-21/h17-18,20H,4-16,35-37H2,1-3H3/t17-,18+,20-,32-/m0/s1. The second-order valence-electron chi connectivity index (χ2n) is 13.9. The first kappa shape index (κ1) is 30.6. The second kappa shape index (κ2) is 11.0. The van der Waals surface area contributed by atoms with Crippen molar-refractivity contribution < 1.29 is 18.3 Å². The Hall–Kier alpha value is -3.03. The molecule has 2 aliphatic heterocycles. The molecule has 4 fully saturated rings. The minimum absolute atomic E-state index is 0.00351. The number of fused-ring (bicyclic) bond motifs is 2. The van der Waals surface area contributed by atoms with Gasteiger partial charge in [0.1, 0.15) is 17.3 Å². The molecule has 0 unspecified atom stereocenters. The maximum Gasteiger partial charge on any atom is 0.256 e. The number of aromatic nitrogens is 2. The molecule has 0 amide bonds. The average Bonchev–Trinajstić information content (AvgIpc) is 3.60. The van der Waals surface area contributed by atoms with Crippen LogP contribution < -0.4 is 26.8 Å². The molecule has 2 saturated heterocycles. The van der Waals surface area contributed by atoms with Gasteiger partial charge in [0.15, 0.2) is 17.4 Å². The number of anilines is 3. The van der Waals surface area contributed by atoms with Gasteiger partial charge in [0.2, 0.25) is 5.82 Å². The Morgan fingerprint density at radius 3 is 2.53 bits per heavy atom. The summed E-state index contributed by atoms with van der Waals surface area (Å²) in [6, 6.07) is -0.237. The Kier molecular flexibility index (Phi) is 7.52. The molecule has 13 heteroatoms. The lowest BCUT2D eigenvalue weighted by Crippen LogP contribution is -2.53. The first-order chi connectivity index (χ1) is 21.4. The zero-order valence-corrected chi connectivity index (χ0v) is 27.2. The number of carbonyl (C=O) groups is 1. The number of rotatable bonds is 5. The fourth-order valence-corrected chi connectivity index (χ4v) is 9.49. The summed E-state index contributed by atoms with van der Waals surface area (Å²) in [6.45, 7) is 4.08. The minimum Gasteiger partial charge on any atom is -0.471 e. The summed E-state index contributed by atoms with van der Waals surface area (Å²) in [5.74, 6) is -0.750. The Labute approximate surface area is 267 Å². The quantitative estimate of drug-likeness (QED) is 0.415. The van der Waals surface area contributed by atoms with E-state index in [1.807, 2.05) is 23.8 Å². The van der Waals surface area contributed by atoms with Gasteiger partial charge in [-0.25, -0.2) is 9.37 Å². The third kappa shape index (κ3) is 4.96. The van der Waals surface area contributed by atoms with Gasteiger partial charge in [-0.3, -0.25) is 14.6 Å². The highest BCUT2D eigenvalue weighted by molar-refractivity contribution is 7.16. The van der Waals surface area contributed by atoms with E-state index >= 15 is 4.39 Å². The number of piperazine rings is 1. The molecular weight excluding hydrogens is 598 g/mol. The molecule has 6 N–H and O–H groups in total. The SMILES string of the molecule is C[C@H](Oc1nc(C(N)=C2CCC[C@@]3(CCCc4sc(N)c(N)c43)C2=O)nc(N2CCN(C)C3(CC3)C2)c1F)[C@@H]1C[C@@H](F)CN1C. The van der Waals surface area contributed by atoms with Gasteiger partial charge in [0.05, 0.1) is 16.8 Å². The summed E-state index contributed by atoms with van der Waals surface area (Å²) in [5, 5.41) is 0.549. The Balaban J connectivity index is 1.29. The van der Waals surface area contributed by atoms with Crippen molar-refractivity contribution in [1.82, 2.24) is 19.8 Å². The number of likely N-dealkylation sites (N-methyl/N-ethyl adjacent to an activating group) is 2. The number of halogens is 2. The van der Waals surface area contributed by atoms with Crippen molar-refractivity contribution in [3.63, 3.8) is 0 Å². The van der Waals surface area contributed by atoms with Crippen LogP contribution in [0.5, 0.6) is 5.88 Å². The summed E-state index contributed by atoms with van der Waals surface area (Å²) in [6.07, 6.45) is 5.13. The third-order valence-electron chi connectivity index (χ3n) is 11.2. The summed E-state index contributed by atoms with van der Waals surface area (Å²) in [7, 11) is 3.95. The van der Waals surface area contributed by atoms with Crippen LogP contribution in [0.1, 0.15) is 74.6 Å². The number of ketones is 1. The van der Waals surface area contributed by atoms with E-state index in [2.05, 4.69) is 16.9 Å². The van der Waals surface area contributed by atoms with Crippen molar-refractivity contribution in [3.8, 4) is 5.88 Å². The minimum atomic E-state index is -0.967. The molecule has 2 spiro atoms. The van der Waals surface area contributed by atoms with E-state index in [1.165, 1.54) is 11.3 Å². The van der Waals surface area contributed by atoms with Crippen molar-refractivity contribution in [2.45, 2.75) is 94.0 Å². The smallest absolute Gasteiger partial charge is 0.256 e. The number of allylic oxidation sites excluding steroid dienone is 1. The van der Waals surface area contributed by atoms with Crippen LogP contribution in [0.3, 0.4) is 0 Å². The van der Waals surface area contributed by atoms with Gasteiger partial charge < -0.3 is 26.8 Å². The van der Waals surface area contributed by atoms with Crippen LogP contribution in [0, 0.1) is 5.82 Å². The molecule has 3 aliphatic carbocycles. The molecule has 0 radical (unpaired) electrons. The number of ether oxygens (including phenoxy) is 1. The summed E-state index contributed by atoms with van der Waals surface area (Å²) in [5.41, 5.74) is 20.7. The van der Waals surface area contributed by atoms with Gasteiger partial charge in [-0.15, -0.1) is 11.3 Å². The first-order valence-electron chi connectivity index (χ1n) is 16.2. The van der Waals surface area contributed by atoms with E-state index in [4.69, 9.17) is 26.9 Å². The molecule has 4 heterocycles. The number of nitrogens with two attached hydrogens (primary N) is 3. The van der Waals surface area contributed by atoms with Crippen LogP contribution in [0.15, 0.2) is 5.57 Å². The third-order valence-corrected chi connectivity index (χ3v) is 12.3. The number of hydrogen-bond acceptors (Lipinski definition) is 11.